The zero-order chi connectivity index (χ0) is 20.8. The van der Waals surface area contributed by atoms with E-state index in [1.54, 1.807) is 36.4 Å². The van der Waals surface area contributed by atoms with Gasteiger partial charge < -0.3 is 4.74 Å². The van der Waals surface area contributed by atoms with Crippen LogP contribution >= 0.6 is 22.6 Å². The van der Waals surface area contributed by atoms with E-state index < -0.39 is 27.9 Å². The second-order valence-corrected chi connectivity index (χ2v) is 10.1. The molecular weight excluding hydrogens is 507 g/mol. The molecule has 1 saturated heterocycles. The second kappa shape index (κ2) is 7.69. The molecule has 1 unspecified atom stereocenters. The van der Waals surface area contributed by atoms with Crippen LogP contribution in [0.5, 0.6) is 5.75 Å². The van der Waals surface area contributed by atoms with Crippen LogP contribution in [0.15, 0.2) is 53.4 Å². The third-order valence-corrected chi connectivity index (χ3v) is 7.75. The number of anilines is 1. The van der Waals surface area contributed by atoms with Gasteiger partial charge in [0.25, 0.3) is 5.91 Å². The van der Waals surface area contributed by atoms with Gasteiger partial charge in [0.2, 0.25) is 15.9 Å². The number of benzene rings is 2. The molecule has 2 amide bonds. The number of amides is 2. The predicted octanol–water partition coefficient (Wildman–Crippen LogP) is 2.79. The Labute approximate surface area is 182 Å². The van der Waals surface area contributed by atoms with E-state index in [9.17, 15) is 18.0 Å². The fourth-order valence-electron chi connectivity index (χ4n) is 3.49. The van der Waals surface area contributed by atoms with E-state index in [2.05, 4.69) is 22.6 Å². The predicted molar refractivity (Wildman–Crippen MR) is 115 cm³/mol. The minimum Gasteiger partial charge on any atom is -0.497 e. The zero-order valence-corrected chi connectivity index (χ0v) is 18.6. The molecule has 2 aromatic rings. The molecule has 2 fully saturated rings. The van der Waals surface area contributed by atoms with E-state index >= 15 is 0 Å². The minimum atomic E-state index is -3.94. The molecule has 0 radical (unpaired) electrons. The van der Waals surface area contributed by atoms with Crippen molar-refractivity contribution in [3.05, 3.63) is 52.1 Å². The molecule has 2 aromatic carbocycles. The summed E-state index contributed by atoms with van der Waals surface area (Å²) in [4.78, 5) is 26.9. The van der Waals surface area contributed by atoms with Gasteiger partial charge in [0.15, 0.2) is 0 Å². The van der Waals surface area contributed by atoms with E-state index in [-0.39, 0.29) is 17.4 Å². The van der Waals surface area contributed by atoms with E-state index in [0.29, 0.717) is 24.3 Å². The summed E-state index contributed by atoms with van der Waals surface area (Å²) in [5.41, 5.74) is 0.459. The number of hydrogen-bond donors (Lipinski definition) is 0. The summed E-state index contributed by atoms with van der Waals surface area (Å²) in [5, 5.41) is 0. The van der Waals surface area contributed by atoms with Crippen molar-refractivity contribution in [2.75, 3.05) is 12.0 Å². The summed E-state index contributed by atoms with van der Waals surface area (Å²) in [6, 6.07) is 11.8. The number of hydrogen-bond acceptors (Lipinski definition) is 5. The number of rotatable bonds is 6. The van der Waals surface area contributed by atoms with Crippen molar-refractivity contribution >= 4 is 50.1 Å². The van der Waals surface area contributed by atoms with Crippen molar-refractivity contribution in [1.29, 1.82) is 0 Å². The fraction of sp³-hybridized carbons (Fsp3) is 0.300. The summed E-state index contributed by atoms with van der Waals surface area (Å²) in [7, 11) is -2.44. The van der Waals surface area contributed by atoms with E-state index in [0.717, 1.165) is 8.47 Å². The van der Waals surface area contributed by atoms with E-state index in [4.69, 9.17) is 4.74 Å². The highest BCUT2D eigenvalue weighted by Gasteiger charge is 2.51. The number of halogens is 1. The van der Waals surface area contributed by atoms with E-state index in [1.165, 1.54) is 23.5 Å². The van der Waals surface area contributed by atoms with Gasteiger partial charge in [-0.05, 0) is 84.0 Å². The van der Waals surface area contributed by atoms with Gasteiger partial charge in [-0.25, -0.2) is 13.3 Å². The molecule has 9 heteroatoms. The molecule has 4 rings (SSSR count). The quantitative estimate of drug-likeness (QED) is 0.427. The number of sulfonamides is 1. The molecule has 152 valence electrons. The molecule has 1 aliphatic carbocycles. The van der Waals surface area contributed by atoms with Crippen molar-refractivity contribution in [2.24, 2.45) is 0 Å². The average molecular weight is 526 g/mol. The molecule has 0 aromatic heterocycles. The largest absolute Gasteiger partial charge is 0.497 e. The highest BCUT2D eigenvalue weighted by Crippen LogP contribution is 2.38. The second-order valence-electron chi connectivity index (χ2n) is 7.01. The first kappa shape index (κ1) is 20.3. The molecular formula is C20H19IN2O5S. The lowest BCUT2D eigenvalue weighted by molar-refractivity contribution is -0.122. The Hall–Kier alpha value is -1.98. The molecule has 1 heterocycles. The lowest BCUT2D eigenvalue weighted by atomic mass is 10.2. The topological polar surface area (TPSA) is 84.0 Å². The van der Waals surface area contributed by atoms with Gasteiger partial charge in [-0.15, -0.1) is 0 Å². The van der Waals surface area contributed by atoms with Crippen LogP contribution in [0.3, 0.4) is 0 Å². The van der Waals surface area contributed by atoms with Crippen molar-refractivity contribution in [2.45, 2.75) is 36.2 Å². The Morgan fingerprint density at radius 1 is 1.03 bits per heavy atom. The Kier molecular flexibility index (Phi) is 5.38. The third kappa shape index (κ3) is 3.78. The van der Waals surface area contributed by atoms with Crippen LogP contribution < -0.4 is 9.64 Å². The zero-order valence-electron chi connectivity index (χ0n) is 15.6. The van der Waals surface area contributed by atoms with Crippen LogP contribution in [0, 0.1) is 3.57 Å². The number of carbonyl (C=O) groups is 2. The smallest absolute Gasteiger partial charge is 0.252 e. The molecule has 1 atom stereocenters. The molecule has 0 bridgehead atoms. The third-order valence-electron chi connectivity index (χ3n) is 5.06. The van der Waals surface area contributed by atoms with E-state index in [1.807, 2.05) is 0 Å². The summed E-state index contributed by atoms with van der Waals surface area (Å²) in [6.45, 7) is 0. The summed E-state index contributed by atoms with van der Waals surface area (Å²) >= 11 is 2.14. The van der Waals surface area contributed by atoms with Gasteiger partial charge in [0.05, 0.1) is 24.1 Å². The molecule has 2 aliphatic rings. The first-order chi connectivity index (χ1) is 13.8. The molecule has 0 spiro atoms. The van der Waals surface area contributed by atoms with Crippen LogP contribution in [0.2, 0.25) is 0 Å². The maximum Gasteiger partial charge on any atom is 0.252 e. The van der Waals surface area contributed by atoms with Crippen LogP contribution in [0.1, 0.15) is 19.3 Å². The minimum absolute atomic E-state index is 0.0816. The fourth-order valence-corrected chi connectivity index (χ4v) is 5.68. The average Bonchev–Trinajstić information content (AvgIpc) is 3.49. The Morgan fingerprint density at radius 2 is 1.66 bits per heavy atom. The molecule has 29 heavy (non-hydrogen) atoms. The Bertz CT molecular complexity index is 1050. The summed E-state index contributed by atoms with van der Waals surface area (Å²) in [6.07, 6.45) is 1.20. The number of nitrogens with zero attached hydrogens (tertiary/aromatic N) is 2. The van der Waals surface area contributed by atoms with Gasteiger partial charge in [-0.2, -0.15) is 4.31 Å². The Balaban J connectivity index is 1.67. The van der Waals surface area contributed by atoms with Crippen LogP contribution in [0.4, 0.5) is 5.69 Å². The van der Waals surface area contributed by atoms with Crippen molar-refractivity contribution in [1.82, 2.24) is 4.31 Å². The molecule has 1 saturated carbocycles. The first-order valence-electron chi connectivity index (χ1n) is 9.13. The SMILES string of the molecule is COc1ccc(S(=O)(=O)N(C2CC2)C2CC(=O)N(c3ccc(I)cc3)C2=O)cc1. The maximum absolute atomic E-state index is 13.3. The number of ether oxygens (including phenoxy) is 1. The number of methoxy groups -OCH3 is 1. The normalized spacial score (nSPS) is 19.8. The van der Waals surface area contributed by atoms with Gasteiger partial charge in [-0.3, -0.25) is 9.59 Å². The van der Waals surface area contributed by atoms with Gasteiger partial charge in [-0.1, -0.05) is 0 Å². The lowest BCUT2D eigenvalue weighted by Gasteiger charge is -2.26. The standard InChI is InChI=1S/C20H19IN2O5S/c1-28-16-8-10-17(11-9-16)29(26,27)23(15-6-7-15)18-12-19(24)22(20(18)25)14-4-2-13(21)3-5-14/h2-5,8-11,15,18H,6-7,12H2,1H3. The lowest BCUT2D eigenvalue weighted by Crippen LogP contribution is -2.46. The summed E-state index contributed by atoms with van der Waals surface area (Å²) < 4.78 is 34.0. The van der Waals surface area contributed by atoms with Gasteiger partial charge >= 0.3 is 0 Å². The van der Waals surface area contributed by atoms with Crippen molar-refractivity contribution in [3.8, 4) is 5.75 Å². The molecule has 1 aliphatic heterocycles. The van der Waals surface area contributed by atoms with Gasteiger partial charge in [0.1, 0.15) is 11.8 Å². The number of imide groups is 1. The summed E-state index contributed by atoms with van der Waals surface area (Å²) in [5.74, 6) is -0.351. The van der Waals surface area contributed by atoms with Crippen molar-refractivity contribution in [3.63, 3.8) is 0 Å². The maximum atomic E-state index is 13.3. The first-order valence-corrected chi connectivity index (χ1v) is 11.6. The number of carbonyl (C=O) groups excluding carboxylic acids is 2. The molecule has 0 N–H and O–H groups in total. The van der Waals surface area contributed by atoms with Crippen molar-refractivity contribution < 1.29 is 22.7 Å². The highest BCUT2D eigenvalue weighted by molar-refractivity contribution is 14.1. The Morgan fingerprint density at radius 3 is 2.21 bits per heavy atom. The monoisotopic (exact) mass is 526 g/mol. The van der Waals surface area contributed by atoms with Gasteiger partial charge in [0, 0.05) is 9.61 Å². The highest BCUT2D eigenvalue weighted by atomic mass is 127. The van der Waals surface area contributed by atoms with Crippen LogP contribution in [0.25, 0.3) is 0 Å². The van der Waals surface area contributed by atoms with Crippen LogP contribution in [-0.2, 0) is 19.6 Å². The van der Waals surface area contributed by atoms with Crippen LogP contribution in [-0.4, -0.2) is 43.7 Å². The molecule has 7 nitrogen and oxygen atoms in total.